The molecule has 19 heavy (non-hydrogen) atoms. The Morgan fingerprint density at radius 3 is 1.84 bits per heavy atom. The van der Waals surface area contributed by atoms with Crippen LogP contribution in [-0.4, -0.2) is 16.7 Å². The molecule has 0 heterocycles. The normalized spacial score (nSPS) is 11.8. The predicted molar refractivity (Wildman–Crippen MR) is 72.4 cm³/mol. The van der Waals surface area contributed by atoms with Gasteiger partial charge < -0.3 is 5.11 Å². The summed E-state index contributed by atoms with van der Waals surface area (Å²) in [6, 6.07) is 14.7. The molecule has 3 nitrogen and oxygen atoms in total. The van der Waals surface area contributed by atoms with Crippen LogP contribution in [0.25, 0.3) is 0 Å². The van der Waals surface area contributed by atoms with Crippen molar-refractivity contribution < 1.29 is 14.7 Å². The molecule has 0 aliphatic rings. The van der Waals surface area contributed by atoms with Gasteiger partial charge in [0.2, 0.25) is 0 Å². The maximum Gasteiger partial charge on any atom is 0.173 e. The molecule has 0 radical (unpaired) electrons. The highest BCUT2D eigenvalue weighted by molar-refractivity contribution is 6.15. The first kappa shape index (κ1) is 13.0. The zero-order valence-corrected chi connectivity index (χ0v) is 10.5. The molecule has 1 atom stereocenters. The summed E-state index contributed by atoms with van der Waals surface area (Å²) in [7, 11) is 0. The summed E-state index contributed by atoms with van der Waals surface area (Å²) in [5.41, 5.74) is 0.955. The standard InChI is InChI=1S/C16H14O3/c1-11(15(18)12-5-3-2-4-6-12)16(19)13-7-9-14(17)10-8-13/h2-11,17H,1H3. The van der Waals surface area contributed by atoms with E-state index in [1.807, 2.05) is 6.07 Å². The first-order valence-corrected chi connectivity index (χ1v) is 6.02. The molecule has 0 saturated carbocycles. The van der Waals surface area contributed by atoms with E-state index in [0.29, 0.717) is 11.1 Å². The summed E-state index contributed by atoms with van der Waals surface area (Å²) in [5.74, 6) is -1.07. The molecule has 1 unspecified atom stereocenters. The quantitative estimate of drug-likeness (QED) is 0.673. The number of hydrogen-bond donors (Lipinski definition) is 1. The molecule has 3 heteroatoms. The first-order chi connectivity index (χ1) is 9.09. The molecule has 96 valence electrons. The van der Waals surface area contributed by atoms with Crippen LogP contribution in [0.4, 0.5) is 0 Å². The third-order valence-corrected chi connectivity index (χ3v) is 3.00. The maximum atomic E-state index is 12.2. The van der Waals surface area contributed by atoms with E-state index in [1.165, 1.54) is 24.3 Å². The van der Waals surface area contributed by atoms with E-state index in [-0.39, 0.29) is 17.3 Å². The van der Waals surface area contributed by atoms with E-state index >= 15 is 0 Å². The Kier molecular flexibility index (Phi) is 3.76. The molecule has 2 aromatic rings. The largest absolute Gasteiger partial charge is 0.508 e. The molecule has 0 fully saturated rings. The highest BCUT2D eigenvalue weighted by Gasteiger charge is 2.23. The molecule has 2 aromatic carbocycles. The fourth-order valence-electron chi connectivity index (χ4n) is 1.85. The highest BCUT2D eigenvalue weighted by Crippen LogP contribution is 2.17. The van der Waals surface area contributed by atoms with Gasteiger partial charge in [0.25, 0.3) is 0 Å². The zero-order valence-electron chi connectivity index (χ0n) is 10.5. The predicted octanol–water partition coefficient (Wildman–Crippen LogP) is 3.09. The lowest BCUT2D eigenvalue weighted by atomic mass is 9.91. The van der Waals surface area contributed by atoms with Gasteiger partial charge in [0.15, 0.2) is 11.6 Å². The Balaban J connectivity index is 2.20. The second-order valence-electron chi connectivity index (χ2n) is 4.36. The van der Waals surface area contributed by atoms with Crippen molar-refractivity contribution in [1.82, 2.24) is 0 Å². The van der Waals surface area contributed by atoms with Gasteiger partial charge in [-0.15, -0.1) is 0 Å². The van der Waals surface area contributed by atoms with Crippen molar-refractivity contribution in [2.45, 2.75) is 6.92 Å². The van der Waals surface area contributed by atoms with Crippen molar-refractivity contribution >= 4 is 11.6 Å². The second kappa shape index (κ2) is 5.48. The van der Waals surface area contributed by atoms with E-state index in [9.17, 15) is 14.7 Å². The molecule has 0 aromatic heterocycles. The smallest absolute Gasteiger partial charge is 0.173 e. The van der Waals surface area contributed by atoms with Gasteiger partial charge in [0.1, 0.15) is 5.75 Å². The average molecular weight is 254 g/mol. The van der Waals surface area contributed by atoms with E-state index < -0.39 is 5.92 Å². The molecule has 0 amide bonds. The molecule has 0 aliphatic carbocycles. The van der Waals surface area contributed by atoms with Crippen LogP contribution in [0.1, 0.15) is 27.6 Å². The topological polar surface area (TPSA) is 54.4 Å². The Bertz CT molecular complexity index is 585. The Morgan fingerprint density at radius 2 is 1.32 bits per heavy atom. The molecular weight excluding hydrogens is 240 g/mol. The van der Waals surface area contributed by atoms with Crippen molar-refractivity contribution in [3.05, 3.63) is 65.7 Å². The van der Waals surface area contributed by atoms with Crippen LogP contribution >= 0.6 is 0 Å². The number of Topliss-reactive ketones (excluding diaryl/α,β-unsaturated/α-hetero) is 2. The van der Waals surface area contributed by atoms with Gasteiger partial charge in [-0.05, 0) is 31.2 Å². The Labute approximate surface area is 111 Å². The first-order valence-electron chi connectivity index (χ1n) is 6.02. The molecule has 0 aliphatic heterocycles. The number of aromatic hydroxyl groups is 1. The van der Waals surface area contributed by atoms with Crippen molar-refractivity contribution in [2.24, 2.45) is 5.92 Å². The SMILES string of the molecule is CC(C(=O)c1ccccc1)C(=O)c1ccc(O)cc1. The molecule has 2 rings (SSSR count). The van der Waals surface area contributed by atoms with Crippen molar-refractivity contribution in [3.63, 3.8) is 0 Å². The third-order valence-electron chi connectivity index (χ3n) is 3.00. The lowest BCUT2D eigenvalue weighted by Crippen LogP contribution is -2.21. The summed E-state index contributed by atoms with van der Waals surface area (Å²) in [6.45, 7) is 1.60. The third kappa shape index (κ3) is 2.88. The van der Waals surface area contributed by atoms with Crippen LogP contribution in [0.3, 0.4) is 0 Å². The van der Waals surface area contributed by atoms with Gasteiger partial charge in [0.05, 0.1) is 5.92 Å². The van der Waals surface area contributed by atoms with Crippen LogP contribution < -0.4 is 0 Å². The minimum absolute atomic E-state index is 0.0959. The minimum atomic E-state index is -0.730. The number of phenolic OH excluding ortho intramolecular Hbond substituents is 1. The van der Waals surface area contributed by atoms with Crippen LogP contribution in [0.5, 0.6) is 5.75 Å². The average Bonchev–Trinajstić information content (AvgIpc) is 2.46. The van der Waals surface area contributed by atoms with Gasteiger partial charge in [-0.3, -0.25) is 9.59 Å². The number of carbonyl (C=O) groups excluding carboxylic acids is 2. The van der Waals surface area contributed by atoms with Gasteiger partial charge in [-0.25, -0.2) is 0 Å². The monoisotopic (exact) mass is 254 g/mol. The van der Waals surface area contributed by atoms with Gasteiger partial charge in [-0.1, -0.05) is 30.3 Å². The fraction of sp³-hybridized carbons (Fsp3) is 0.125. The summed E-state index contributed by atoms with van der Waals surface area (Å²) in [4.78, 5) is 24.3. The summed E-state index contributed by atoms with van der Waals surface area (Å²) in [5, 5.41) is 9.19. The van der Waals surface area contributed by atoms with E-state index in [4.69, 9.17) is 0 Å². The number of carbonyl (C=O) groups is 2. The lowest BCUT2D eigenvalue weighted by molar-refractivity contribution is 0.0821. The minimum Gasteiger partial charge on any atom is -0.508 e. The molecule has 0 spiro atoms. The van der Waals surface area contributed by atoms with Gasteiger partial charge >= 0.3 is 0 Å². The Morgan fingerprint density at radius 1 is 0.842 bits per heavy atom. The van der Waals surface area contributed by atoms with Crippen molar-refractivity contribution in [3.8, 4) is 5.75 Å². The molecular formula is C16H14O3. The maximum absolute atomic E-state index is 12.2. The summed E-state index contributed by atoms with van der Waals surface area (Å²) < 4.78 is 0. The number of ketones is 2. The van der Waals surface area contributed by atoms with Crippen LogP contribution in [-0.2, 0) is 0 Å². The Hall–Kier alpha value is -2.42. The number of hydrogen-bond acceptors (Lipinski definition) is 3. The van der Waals surface area contributed by atoms with Gasteiger partial charge in [0, 0.05) is 11.1 Å². The lowest BCUT2D eigenvalue weighted by Gasteiger charge is -2.09. The van der Waals surface area contributed by atoms with E-state index in [1.54, 1.807) is 31.2 Å². The van der Waals surface area contributed by atoms with Crippen LogP contribution in [0.2, 0.25) is 0 Å². The zero-order chi connectivity index (χ0) is 13.8. The number of phenols is 1. The summed E-state index contributed by atoms with van der Waals surface area (Å²) in [6.07, 6.45) is 0. The fourth-order valence-corrected chi connectivity index (χ4v) is 1.85. The molecule has 0 saturated heterocycles. The molecule has 1 N–H and O–H groups in total. The van der Waals surface area contributed by atoms with Crippen molar-refractivity contribution in [1.29, 1.82) is 0 Å². The van der Waals surface area contributed by atoms with E-state index in [0.717, 1.165) is 0 Å². The van der Waals surface area contributed by atoms with Crippen molar-refractivity contribution in [2.75, 3.05) is 0 Å². The summed E-state index contributed by atoms with van der Waals surface area (Å²) >= 11 is 0. The van der Waals surface area contributed by atoms with E-state index in [2.05, 4.69) is 0 Å². The number of rotatable bonds is 4. The van der Waals surface area contributed by atoms with Gasteiger partial charge in [-0.2, -0.15) is 0 Å². The highest BCUT2D eigenvalue weighted by atomic mass is 16.3. The number of benzene rings is 2. The second-order valence-corrected chi connectivity index (χ2v) is 4.36. The molecule has 0 bridgehead atoms. The van der Waals surface area contributed by atoms with Crippen LogP contribution in [0, 0.1) is 5.92 Å². The van der Waals surface area contributed by atoms with Crippen LogP contribution in [0.15, 0.2) is 54.6 Å².